The van der Waals surface area contributed by atoms with Crippen LogP contribution in [-0.4, -0.2) is 17.0 Å². The summed E-state index contributed by atoms with van der Waals surface area (Å²) < 4.78 is 0. The molecule has 15 heavy (non-hydrogen) atoms. The number of ketones is 1. The highest BCUT2D eigenvalue weighted by Gasteiger charge is 1.72. The molecule has 86 valence electrons. The van der Waals surface area contributed by atoms with Crippen molar-refractivity contribution in [3.8, 4) is 0 Å². The zero-order valence-electron chi connectivity index (χ0n) is 10.3. The van der Waals surface area contributed by atoms with E-state index in [0.717, 1.165) is 0 Å². The summed E-state index contributed by atoms with van der Waals surface area (Å²) in [5.41, 5.74) is 1.32. The third kappa shape index (κ3) is 32.2. The van der Waals surface area contributed by atoms with Crippen LogP contribution >= 0.6 is 0 Å². The van der Waals surface area contributed by atoms with E-state index in [1.165, 1.54) is 19.4 Å². The van der Waals surface area contributed by atoms with Crippen LogP contribution in [0.3, 0.4) is 0 Å². The maximum absolute atomic E-state index is 9.44. The zero-order chi connectivity index (χ0) is 12.3. The number of hydrogen-bond donors (Lipinski definition) is 1. The lowest BCUT2D eigenvalue weighted by atomic mass is 10.2. The molecule has 0 fully saturated rings. The Balaban J connectivity index is 0. The second-order valence-corrected chi connectivity index (χ2v) is 3.66. The molecule has 0 saturated carbocycles. The Morgan fingerprint density at radius 1 is 1.13 bits per heavy atom. The van der Waals surface area contributed by atoms with Gasteiger partial charge < -0.3 is 9.90 Å². The van der Waals surface area contributed by atoms with Gasteiger partial charge in [0, 0.05) is 6.10 Å². The van der Waals surface area contributed by atoms with Gasteiger partial charge in [-0.2, -0.15) is 0 Å². The number of aryl methyl sites for hydroxylation is 1. The average molecular weight is 210 g/mol. The van der Waals surface area contributed by atoms with Crippen LogP contribution in [0.4, 0.5) is 0 Å². The molecule has 0 aliphatic heterocycles. The van der Waals surface area contributed by atoms with Crippen molar-refractivity contribution in [2.75, 3.05) is 0 Å². The molecule has 1 aromatic rings. The van der Waals surface area contributed by atoms with Gasteiger partial charge in [0.2, 0.25) is 0 Å². The minimum absolute atomic E-state index is 0.167. The predicted octanol–water partition coefficient (Wildman–Crippen LogP) is 2.98. The molecular formula is C13H22O2. The molecule has 0 atom stereocenters. The van der Waals surface area contributed by atoms with Gasteiger partial charge in [-0.25, -0.2) is 0 Å². The molecule has 1 N–H and O–H groups in total. The number of benzene rings is 1. The monoisotopic (exact) mass is 210 g/mol. The Bertz CT molecular complexity index is 233. The standard InChI is InChI=1S/C7H8.C3H8O.C3H6O/c1-7-5-3-2-4-6-7;2*1-3(2)4/h2-6H,1H3;3-4H,1-2H3;1-2H3. The Hall–Kier alpha value is -1.15. The van der Waals surface area contributed by atoms with Crippen LogP contribution in [-0.2, 0) is 4.79 Å². The highest BCUT2D eigenvalue weighted by atomic mass is 16.3. The molecule has 0 aliphatic rings. The van der Waals surface area contributed by atoms with Gasteiger partial charge in [-0.05, 0) is 34.6 Å². The number of hydrogen-bond acceptors (Lipinski definition) is 2. The van der Waals surface area contributed by atoms with Crippen LogP contribution in [0.5, 0.6) is 0 Å². The van der Waals surface area contributed by atoms with Gasteiger partial charge in [-0.3, -0.25) is 0 Å². The summed E-state index contributed by atoms with van der Waals surface area (Å²) in [4.78, 5) is 9.44. The highest BCUT2D eigenvalue weighted by molar-refractivity contribution is 5.72. The van der Waals surface area contributed by atoms with Gasteiger partial charge in [-0.1, -0.05) is 35.9 Å². The molecule has 0 aliphatic carbocycles. The molecule has 0 aromatic heterocycles. The van der Waals surface area contributed by atoms with E-state index < -0.39 is 0 Å². The lowest BCUT2D eigenvalue weighted by molar-refractivity contribution is -0.114. The van der Waals surface area contributed by atoms with Crippen molar-refractivity contribution in [2.45, 2.75) is 40.7 Å². The molecule has 0 unspecified atom stereocenters. The highest BCUT2D eigenvalue weighted by Crippen LogP contribution is 1.92. The van der Waals surface area contributed by atoms with E-state index in [9.17, 15) is 4.79 Å². The fourth-order valence-electron chi connectivity index (χ4n) is 0.534. The molecule has 0 radical (unpaired) electrons. The minimum Gasteiger partial charge on any atom is -0.394 e. The van der Waals surface area contributed by atoms with Gasteiger partial charge in [0.05, 0.1) is 0 Å². The van der Waals surface area contributed by atoms with E-state index in [-0.39, 0.29) is 11.9 Å². The first kappa shape index (κ1) is 16.3. The van der Waals surface area contributed by atoms with Gasteiger partial charge in [-0.15, -0.1) is 0 Å². The van der Waals surface area contributed by atoms with Crippen LogP contribution in [0.1, 0.15) is 33.3 Å². The number of aliphatic hydroxyl groups excluding tert-OH is 1. The largest absolute Gasteiger partial charge is 0.394 e. The van der Waals surface area contributed by atoms with Crippen molar-refractivity contribution in [3.63, 3.8) is 0 Å². The first-order valence-corrected chi connectivity index (χ1v) is 5.03. The lowest BCUT2D eigenvalue weighted by Gasteiger charge is -1.82. The number of carbonyl (C=O) groups is 1. The second-order valence-electron chi connectivity index (χ2n) is 3.66. The van der Waals surface area contributed by atoms with Crippen molar-refractivity contribution < 1.29 is 9.90 Å². The molecular weight excluding hydrogens is 188 g/mol. The predicted molar refractivity (Wildman–Crippen MR) is 64.9 cm³/mol. The van der Waals surface area contributed by atoms with Crippen molar-refractivity contribution in [2.24, 2.45) is 0 Å². The van der Waals surface area contributed by atoms with Crippen molar-refractivity contribution in [1.82, 2.24) is 0 Å². The van der Waals surface area contributed by atoms with Gasteiger partial charge in [0.25, 0.3) is 0 Å². The summed E-state index contributed by atoms with van der Waals surface area (Å²) in [7, 11) is 0. The third-order valence-corrected chi connectivity index (χ3v) is 0.940. The molecule has 1 aromatic carbocycles. The Kier molecular flexibility index (Phi) is 11.9. The van der Waals surface area contributed by atoms with Crippen LogP contribution in [0.15, 0.2) is 30.3 Å². The molecule has 2 heteroatoms. The third-order valence-electron chi connectivity index (χ3n) is 0.940. The first-order valence-electron chi connectivity index (χ1n) is 5.03. The van der Waals surface area contributed by atoms with Crippen molar-refractivity contribution >= 4 is 5.78 Å². The van der Waals surface area contributed by atoms with E-state index in [0.29, 0.717) is 0 Å². The summed E-state index contributed by atoms with van der Waals surface area (Å²) in [6, 6.07) is 10.3. The lowest BCUT2D eigenvalue weighted by Crippen LogP contribution is -1.85. The minimum atomic E-state index is -0.167. The number of Topliss-reactive ketones (excluding diaryl/α,β-unsaturated/α-hetero) is 1. The van der Waals surface area contributed by atoms with Crippen LogP contribution in [0.25, 0.3) is 0 Å². The molecule has 2 nitrogen and oxygen atoms in total. The summed E-state index contributed by atoms with van der Waals surface area (Å²) in [5, 5.41) is 8.06. The Morgan fingerprint density at radius 3 is 1.53 bits per heavy atom. The SMILES string of the molecule is CC(C)=O.CC(C)O.Cc1ccccc1. The van der Waals surface area contributed by atoms with E-state index in [4.69, 9.17) is 5.11 Å². The summed E-state index contributed by atoms with van der Waals surface area (Å²) in [6.07, 6.45) is -0.167. The summed E-state index contributed by atoms with van der Waals surface area (Å²) >= 11 is 0. The number of rotatable bonds is 0. The van der Waals surface area contributed by atoms with E-state index >= 15 is 0 Å². The molecule has 0 heterocycles. The maximum Gasteiger partial charge on any atom is 0.126 e. The van der Waals surface area contributed by atoms with Gasteiger partial charge >= 0.3 is 0 Å². The van der Waals surface area contributed by atoms with Crippen LogP contribution < -0.4 is 0 Å². The quantitative estimate of drug-likeness (QED) is 0.714. The maximum atomic E-state index is 9.44. The average Bonchev–Trinajstić information content (AvgIpc) is 2.03. The molecule has 0 spiro atoms. The Morgan fingerprint density at radius 2 is 1.40 bits per heavy atom. The summed E-state index contributed by atoms with van der Waals surface area (Å²) in [5.74, 6) is 0.167. The molecule has 0 amide bonds. The smallest absolute Gasteiger partial charge is 0.126 e. The van der Waals surface area contributed by atoms with Gasteiger partial charge in [0.15, 0.2) is 0 Å². The van der Waals surface area contributed by atoms with Gasteiger partial charge in [0.1, 0.15) is 5.78 Å². The number of aliphatic hydroxyl groups is 1. The second kappa shape index (κ2) is 10.9. The van der Waals surface area contributed by atoms with E-state index in [1.54, 1.807) is 13.8 Å². The van der Waals surface area contributed by atoms with Crippen LogP contribution in [0.2, 0.25) is 0 Å². The molecule has 1 rings (SSSR count). The first-order chi connectivity index (χ1) is 6.86. The number of carbonyl (C=O) groups excluding carboxylic acids is 1. The van der Waals surface area contributed by atoms with Crippen LogP contribution in [0, 0.1) is 6.92 Å². The Labute approximate surface area is 93.0 Å². The molecule has 0 saturated heterocycles. The fourth-order valence-corrected chi connectivity index (χ4v) is 0.534. The van der Waals surface area contributed by atoms with E-state index in [2.05, 4.69) is 19.1 Å². The van der Waals surface area contributed by atoms with E-state index in [1.807, 2.05) is 18.2 Å². The van der Waals surface area contributed by atoms with Crippen molar-refractivity contribution in [3.05, 3.63) is 35.9 Å². The summed E-state index contributed by atoms with van der Waals surface area (Å²) in [6.45, 7) is 8.58. The molecule has 0 bridgehead atoms. The normalized spacial score (nSPS) is 8.20. The topological polar surface area (TPSA) is 37.3 Å². The van der Waals surface area contributed by atoms with Crippen molar-refractivity contribution in [1.29, 1.82) is 0 Å². The zero-order valence-corrected chi connectivity index (χ0v) is 10.3. The fraction of sp³-hybridized carbons (Fsp3) is 0.462.